The van der Waals surface area contributed by atoms with Crippen LogP contribution >= 0.6 is 0 Å². The number of piperazine rings is 1. The van der Waals surface area contributed by atoms with Gasteiger partial charge in [-0.15, -0.1) is 0 Å². The molecule has 4 saturated heterocycles. The Labute approximate surface area is 306 Å². The minimum Gasteiger partial charge on any atom is -0.480 e. The van der Waals surface area contributed by atoms with Gasteiger partial charge in [0.05, 0.1) is 32.4 Å². The molecule has 274 valence electrons. The van der Waals surface area contributed by atoms with E-state index in [1.54, 1.807) is 15.8 Å². The van der Waals surface area contributed by atoms with E-state index in [0.717, 1.165) is 37.3 Å². The van der Waals surface area contributed by atoms with Crippen LogP contribution in [0.25, 0.3) is 22.1 Å². The number of rotatable bonds is 6. The highest BCUT2D eigenvalue weighted by Gasteiger charge is 2.50. The van der Waals surface area contributed by atoms with Crippen molar-refractivity contribution < 1.29 is 28.5 Å². The molecule has 0 radical (unpaired) electrons. The summed E-state index contributed by atoms with van der Waals surface area (Å²) in [6, 6.07) is 10.6. The SMILES string of the molecule is C[C@@H]1N(c2cc(C#Cc3ccn(C)n3)cnc2O[C@H]2C[C@@H](C(=O)O)N(c3nc(N4CCN(C)CC4)nc4c3oc3ccccc34)C2)CCOC12COC2. The number of carboxylic acid groups (broad SMARTS) is 1. The van der Waals surface area contributed by atoms with Gasteiger partial charge in [0.25, 0.3) is 0 Å². The lowest BCUT2D eigenvalue weighted by Crippen LogP contribution is -2.68. The first-order chi connectivity index (χ1) is 25.7. The van der Waals surface area contributed by atoms with Crippen LogP contribution in [0.3, 0.4) is 0 Å². The van der Waals surface area contributed by atoms with Gasteiger partial charge in [0, 0.05) is 69.5 Å². The molecule has 4 aliphatic rings. The van der Waals surface area contributed by atoms with E-state index in [9.17, 15) is 9.90 Å². The number of benzene rings is 1. The number of likely N-dealkylation sites (N-methyl/N-ethyl adjacent to an activating group) is 1. The first-order valence-corrected chi connectivity index (χ1v) is 18.0. The minimum atomic E-state index is -0.970. The molecule has 0 aliphatic carbocycles. The number of anilines is 3. The summed E-state index contributed by atoms with van der Waals surface area (Å²) in [4.78, 5) is 36.2. The van der Waals surface area contributed by atoms with E-state index in [4.69, 9.17) is 33.6 Å². The Morgan fingerprint density at radius 1 is 1.04 bits per heavy atom. The summed E-state index contributed by atoms with van der Waals surface area (Å²) in [5, 5.41) is 15.8. The normalized spacial score (nSPS) is 23.0. The summed E-state index contributed by atoms with van der Waals surface area (Å²) >= 11 is 0. The average Bonchev–Trinajstić information content (AvgIpc) is 3.87. The van der Waals surface area contributed by atoms with Crippen LogP contribution in [0.2, 0.25) is 0 Å². The molecule has 15 nitrogen and oxygen atoms in total. The van der Waals surface area contributed by atoms with Crippen molar-refractivity contribution in [2.24, 2.45) is 7.05 Å². The van der Waals surface area contributed by atoms with Gasteiger partial charge in [-0.2, -0.15) is 10.1 Å². The Kier molecular flexibility index (Phi) is 8.33. The topological polar surface area (TPSA) is 148 Å². The maximum atomic E-state index is 13.0. The van der Waals surface area contributed by atoms with Gasteiger partial charge in [-0.25, -0.2) is 14.8 Å². The number of nitrogens with zero attached hydrogens (tertiary/aromatic N) is 9. The number of ether oxygens (including phenoxy) is 3. The lowest BCUT2D eigenvalue weighted by molar-refractivity contribution is -0.228. The second-order valence-corrected chi connectivity index (χ2v) is 14.3. The number of hydrogen-bond donors (Lipinski definition) is 1. The molecule has 8 heterocycles. The van der Waals surface area contributed by atoms with Crippen LogP contribution in [0.1, 0.15) is 24.6 Å². The summed E-state index contributed by atoms with van der Waals surface area (Å²) in [5.41, 5.74) is 3.50. The van der Waals surface area contributed by atoms with Gasteiger partial charge in [-0.05, 0) is 44.2 Å². The van der Waals surface area contributed by atoms with Crippen molar-refractivity contribution in [1.29, 1.82) is 0 Å². The minimum absolute atomic E-state index is 0.0321. The summed E-state index contributed by atoms with van der Waals surface area (Å²) in [5.74, 6) is 6.77. The average molecular weight is 720 g/mol. The van der Waals surface area contributed by atoms with Crippen molar-refractivity contribution in [2.45, 2.75) is 37.1 Å². The van der Waals surface area contributed by atoms with E-state index in [1.807, 2.05) is 49.6 Å². The fraction of sp³-hybridized carbons (Fsp3) is 0.447. The van der Waals surface area contributed by atoms with E-state index >= 15 is 0 Å². The first-order valence-electron chi connectivity index (χ1n) is 18.0. The fourth-order valence-corrected chi connectivity index (χ4v) is 7.74. The molecule has 3 atom stereocenters. The van der Waals surface area contributed by atoms with Crippen LogP contribution in [0.4, 0.5) is 17.5 Å². The van der Waals surface area contributed by atoms with Gasteiger partial charge < -0.3 is 43.3 Å². The number of pyridine rings is 1. The van der Waals surface area contributed by atoms with E-state index in [0.29, 0.717) is 72.0 Å². The van der Waals surface area contributed by atoms with Gasteiger partial charge in [-0.1, -0.05) is 18.1 Å². The molecule has 0 unspecified atom stereocenters. The quantitative estimate of drug-likeness (QED) is 0.257. The highest BCUT2D eigenvalue weighted by atomic mass is 16.6. The molecule has 1 N–H and O–H groups in total. The monoisotopic (exact) mass is 719 g/mol. The zero-order chi connectivity index (χ0) is 36.3. The number of aromatic nitrogens is 5. The zero-order valence-electron chi connectivity index (χ0n) is 29.9. The van der Waals surface area contributed by atoms with Crippen molar-refractivity contribution in [3.63, 3.8) is 0 Å². The van der Waals surface area contributed by atoms with Crippen LogP contribution in [-0.2, 0) is 21.3 Å². The standard InChI is InChI=1S/C38H41N9O6/c1-24-38(22-50-23-38)51-17-16-46(24)29-18-25(8-9-26-10-11-44(3)42-26)20-39-35(29)52-27-19-30(36(48)49)47(21-27)34-33-32(28-6-4-5-7-31(28)53-33)40-37(41-34)45-14-12-43(2)13-15-45/h4-7,10-11,18,20,24,27,30H,12-17,19,21-23H2,1-3H3,(H,48,49)/t24-,27-,30-/m0/s1. The van der Waals surface area contributed by atoms with Gasteiger partial charge >= 0.3 is 5.97 Å². The molecule has 0 saturated carbocycles. The Morgan fingerprint density at radius 2 is 1.87 bits per heavy atom. The number of aryl methyl sites for hydroxylation is 1. The molecular formula is C38H41N9O6. The summed E-state index contributed by atoms with van der Waals surface area (Å²) < 4.78 is 26.6. The molecule has 1 aromatic carbocycles. The highest BCUT2D eigenvalue weighted by molar-refractivity contribution is 6.06. The molecular weight excluding hydrogens is 678 g/mol. The zero-order valence-corrected chi connectivity index (χ0v) is 29.9. The van der Waals surface area contributed by atoms with Crippen molar-refractivity contribution in [1.82, 2.24) is 29.6 Å². The Bertz CT molecular complexity index is 2250. The van der Waals surface area contributed by atoms with Crippen molar-refractivity contribution in [3.8, 4) is 17.7 Å². The lowest BCUT2D eigenvalue weighted by atomic mass is 9.90. The fourth-order valence-electron chi connectivity index (χ4n) is 7.74. The molecule has 15 heteroatoms. The van der Waals surface area contributed by atoms with Crippen molar-refractivity contribution in [2.75, 3.05) is 80.8 Å². The second kappa shape index (κ2) is 13.2. The van der Waals surface area contributed by atoms with Crippen molar-refractivity contribution in [3.05, 3.63) is 60.0 Å². The number of carbonyl (C=O) groups is 1. The van der Waals surface area contributed by atoms with Gasteiger partial charge in [0.2, 0.25) is 11.8 Å². The van der Waals surface area contributed by atoms with Crippen LogP contribution in [0.15, 0.2) is 53.2 Å². The molecule has 4 aromatic heterocycles. The number of para-hydroxylation sites is 1. The Hall–Kier alpha value is -5.43. The Balaban J connectivity index is 1.07. The van der Waals surface area contributed by atoms with E-state index < -0.39 is 23.7 Å². The number of carboxylic acids is 1. The predicted molar refractivity (Wildman–Crippen MR) is 197 cm³/mol. The largest absolute Gasteiger partial charge is 0.480 e. The first kappa shape index (κ1) is 33.4. The highest BCUT2D eigenvalue weighted by Crippen LogP contribution is 2.41. The molecule has 4 aliphatic heterocycles. The summed E-state index contributed by atoms with van der Waals surface area (Å²) in [6.45, 7) is 7.80. The number of furan rings is 1. The van der Waals surface area contributed by atoms with Gasteiger partial charge in [0.15, 0.2) is 11.4 Å². The van der Waals surface area contributed by atoms with Crippen molar-refractivity contribution >= 4 is 45.5 Å². The number of aliphatic carboxylic acids is 1. The molecule has 0 amide bonds. The van der Waals surface area contributed by atoms with Crippen LogP contribution in [0, 0.1) is 11.8 Å². The lowest BCUT2D eigenvalue weighted by Gasteiger charge is -2.53. The molecule has 5 aromatic rings. The summed E-state index contributed by atoms with van der Waals surface area (Å²) in [7, 11) is 3.95. The second-order valence-electron chi connectivity index (χ2n) is 14.3. The number of fused-ring (bicyclic) bond motifs is 3. The molecule has 9 rings (SSSR count). The molecule has 1 spiro atoms. The molecule has 4 fully saturated rings. The number of hydrogen-bond acceptors (Lipinski definition) is 13. The third-order valence-electron chi connectivity index (χ3n) is 10.9. The molecule has 0 bridgehead atoms. The molecule has 53 heavy (non-hydrogen) atoms. The van der Waals surface area contributed by atoms with Gasteiger partial charge in [0.1, 0.15) is 40.2 Å². The smallest absolute Gasteiger partial charge is 0.326 e. The van der Waals surface area contributed by atoms with E-state index in [1.165, 1.54) is 0 Å². The van der Waals surface area contributed by atoms with Crippen LogP contribution in [0.5, 0.6) is 5.88 Å². The predicted octanol–water partition coefficient (Wildman–Crippen LogP) is 2.76. The van der Waals surface area contributed by atoms with Gasteiger partial charge in [-0.3, -0.25) is 4.68 Å². The van der Waals surface area contributed by atoms with Crippen LogP contribution in [-0.4, -0.2) is 131 Å². The summed E-state index contributed by atoms with van der Waals surface area (Å²) in [6.07, 6.45) is 3.23. The maximum Gasteiger partial charge on any atom is 0.326 e. The van der Waals surface area contributed by atoms with E-state index in [2.05, 4.69) is 45.6 Å². The third-order valence-corrected chi connectivity index (χ3v) is 10.9. The maximum absolute atomic E-state index is 13.0. The van der Waals surface area contributed by atoms with E-state index in [-0.39, 0.29) is 19.0 Å². The Morgan fingerprint density at radius 3 is 2.62 bits per heavy atom. The van der Waals surface area contributed by atoms with Crippen LogP contribution < -0.4 is 19.4 Å². The number of morpholine rings is 1. The third kappa shape index (κ3) is 6.06.